The standard InChI is InChI=1S/C12H13N2O/c1-14-9-5-8-13-12(14)10-6-3-4-7-11(10)15-2/h3-9H,1-2H3/q+1. The number of hydrogen-bond acceptors (Lipinski definition) is 2. The summed E-state index contributed by atoms with van der Waals surface area (Å²) in [5, 5.41) is 0. The highest BCUT2D eigenvalue weighted by atomic mass is 16.5. The zero-order valence-electron chi connectivity index (χ0n) is 8.84. The number of hydrogen-bond donors (Lipinski definition) is 0. The second-order valence-corrected chi connectivity index (χ2v) is 3.25. The molecule has 0 atom stereocenters. The highest BCUT2D eigenvalue weighted by molar-refractivity contribution is 5.61. The monoisotopic (exact) mass is 201 g/mol. The van der Waals surface area contributed by atoms with Crippen molar-refractivity contribution in [2.24, 2.45) is 7.05 Å². The Labute approximate surface area is 89.0 Å². The molecule has 0 radical (unpaired) electrons. The van der Waals surface area contributed by atoms with Gasteiger partial charge in [-0.05, 0) is 17.1 Å². The largest absolute Gasteiger partial charge is 0.496 e. The van der Waals surface area contributed by atoms with E-state index in [2.05, 4.69) is 4.98 Å². The van der Waals surface area contributed by atoms with Gasteiger partial charge in [-0.2, -0.15) is 0 Å². The average Bonchev–Trinajstić information content (AvgIpc) is 2.30. The van der Waals surface area contributed by atoms with E-state index >= 15 is 0 Å². The Morgan fingerprint density at radius 2 is 2.00 bits per heavy atom. The highest BCUT2D eigenvalue weighted by Gasteiger charge is 2.15. The fourth-order valence-corrected chi connectivity index (χ4v) is 1.53. The quantitative estimate of drug-likeness (QED) is 0.689. The van der Waals surface area contributed by atoms with Gasteiger partial charge in [-0.25, -0.2) is 4.57 Å². The number of ether oxygens (including phenoxy) is 1. The maximum Gasteiger partial charge on any atom is 0.333 e. The first-order valence-corrected chi connectivity index (χ1v) is 4.77. The Morgan fingerprint density at radius 1 is 1.20 bits per heavy atom. The number of aromatic nitrogens is 2. The maximum absolute atomic E-state index is 5.30. The van der Waals surface area contributed by atoms with Crippen LogP contribution >= 0.6 is 0 Å². The number of nitrogens with zero attached hydrogens (tertiary/aromatic N) is 2. The van der Waals surface area contributed by atoms with Gasteiger partial charge in [0, 0.05) is 6.07 Å². The Hall–Kier alpha value is -1.90. The third kappa shape index (κ3) is 1.81. The van der Waals surface area contributed by atoms with Crippen LogP contribution in [-0.4, -0.2) is 12.1 Å². The molecule has 1 aromatic carbocycles. The molecule has 2 aromatic rings. The van der Waals surface area contributed by atoms with Crippen LogP contribution in [0.1, 0.15) is 0 Å². The highest BCUT2D eigenvalue weighted by Crippen LogP contribution is 2.24. The Balaban J connectivity index is 2.59. The zero-order chi connectivity index (χ0) is 10.7. The van der Waals surface area contributed by atoms with Crippen LogP contribution in [0.15, 0.2) is 42.7 Å². The summed E-state index contributed by atoms with van der Waals surface area (Å²) in [6.07, 6.45) is 3.75. The van der Waals surface area contributed by atoms with Crippen molar-refractivity contribution in [2.45, 2.75) is 0 Å². The van der Waals surface area contributed by atoms with Gasteiger partial charge in [0.25, 0.3) is 0 Å². The summed E-state index contributed by atoms with van der Waals surface area (Å²) >= 11 is 0. The molecule has 1 heterocycles. The molecule has 0 unspecified atom stereocenters. The lowest BCUT2D eigenvalue weighted by atomic mass is 10.2. The molecule has 1 aromatic heterocycles. The molecule has 0 N–H and O–H groups in total. The van der Waals surface area contributed by atoms with Crippen LogP contribution in [0.3, 0.4) is 0 Å². The summed E-state index contributed by atoms with van der Waals surface area (Å²) in [7, 11) is 3.64. The Bertz CT molecular complexity index is 469. The lowest BCUT2D eigenvalue weighted by Gasteiger charge is -2.04. The summed E-state index contributed by atoms with van der Waals surface area (Å²) < 4.78 is 7.27. The van der Waals surface area contributed by atoms with Gasteiger partial charge in [-0.3, -0.25) is 0 Å². The van der Waals surface area contributed by atoms with Crippen molar-refractivity contribution in [3.63, 3.8) is 0 Å². The van der Waals surface area contributed by atoms with E-state index in [-0.39, 0.29) is 0 Å². The Kier molecular flexibility index (Phi) is 2.63. The zero-order valence-corrected chi connectivity index (χ0v) is 8.84. The molecule has 0 bridgehead atoms. The predicted molar refractivity (Wildman–Crippen MR) is 57.4 cm³/mol. The van der Waals surface area contributed by atoms with Crippen molar-refractivity contribution in [1.82, 2.24) is 4.98 Å². The van der Waals surface area contributed by atoms with Gasteiger partial charge in [0.1, 0.15) is 17.5 Å². The van der Waals surface area contributed by atoms with Crippen LogP contribution in [0.5, 0.6) is 5.75 Å². The first kappa shape index (κ1) is 9.65. The summed E-state index contributed by atoms with van der Waals surface area (Å²) in [4.78, 5) is 4.34. The molecule has 0 aliphatic rings. The molecule has 0 aliphatic heterocycles. The van der Waals surface area contributed by atoms with Gasteiger partial charge in [-0.15, -0.1) is 0 Å². The normalized spacial score (nSPS) is 10.0. The van der Waals surface area contributed by atoms with E-state index in [1.165, 1.54) is 0 Å². The molecule has 0 saturated carbocycles. The minimum Gasteiger partial charge on any atom is -0.496 e. The van der Waals surface area contributed by atoms with E-state index < -0.39 is 0 Å². The molecule has 0 saturated heterocycles. The van der Waals surface area contributed by atoms with E-state index in [9.17, 15) is 0 Å². The van der Waals surface area contributed by atoms with E-state index in [1.807, 2.05) is 48.1 Å². The van der Waals surface area contributed by atoms with Crippen LogP contribution in [0, 0.1) is 0 Å². The van der Waals surface area contributed by atoms with Crippen molar-refractivity contribution < 1.29 is 9.30 Å². The topological polar surface area (TPSA) is 26.0 Å². The molecule has 3 nitrogen and oxygen atoms in total. The van der Waals surface area contributed by atoms with Crippen LogP contribution in [0.4, 0.5) is 0 Å². The van der Waals surface area contributed by atoms with Gasteiger partial charge in [-0.1, -0.05) is 12.1 Å². The molecule has 3 heteroatoms. The molecule has 0 aliphatic carbocycles. The fourth-order valence-electron chi connectivity index (χ4n) is 1.53. The number of rotatable bonds is 2. The van der Waals surface area contributed by atoms with Crippen molar-refractivity contribution >= 4 is 0 Å². The smallest absolute Gasteiger partial charge is 0.333 e. The lowest BCUT2D eigenvalue weighted by Crippen LogP contribution is -2.31. The molecule has 76 valence electrons. The maximum atomic E-state index is 5.30. The minimum absolute atomic E-state index is 0.840. The summed E-state index contributed by atoms with van der Waals surface area (Å²) in [5.41, 5.74) is 1.00. The minimum atomic E-state index is 0.840. The molecule has 15 heavy (non-hydrogen) atoms. The van der Waals surface area contributed by atoms with Crippen molar-refractivity contribution in [1.29, 1.82) is 0 Å². The number of para-hydroxylation sites is 1. The predicted octanol–water partition coefficient (Wildman–Crippen LogP) is 1.58. The van der Waals surface area contributed by atoms with Crippen LogP contribution in [-0.2, 0) is 7.05 Å². The molecule has 2 rings (SSSR count). The summed E-state index contributed by atoms with van der Waals surface area (Å²) in [6.45, 7) is 0. The third-order valence-electron chi connectivity index (χ3n) is 2.27. The second-order valence-electron chi connectivity index (χ2n) is 3.25. The number of methoxy groups -OCH3 is 1. The van der Waals surface area contributed by atoms with Gasteiger partial charge in [0.2, 0.25) is 0 Å². The fraction of sp³-hybridized carbons (Fsp3) is 0.167. The first-order valence-electron chi connectivity index (χ1n) is 4.77. The molecule has 0 amide bonds. The van der Waals surface area contributed by atoms with Gasteiger partial charge in [0.15, 0.2) is 0 Å². The van der Waals surface area contributed by atoms with Crippen LogP contribution in [0.25, 0.3) is 11.4 Å². The van der Waals surface area contributed by atoms with Gasteiger partial charge in [0.05, 0.1) is 20.4 Å². The van der Waals surface area contributed by atoms with E-state index in [0.717, 1.165) is 17.1 Å². The molecule has 0 fully saturated rings. The molecule has 0 spiro atoms. The van der Waals surface area contributed by atoms with Crippen molar-refractivity contribution in [3.8, 4) is 17.1 Å². The van der Waals surface area contributed by atoms with Gasteiger partial charge >= 0.3 is 5.82 Å². The number of aryl methyl sites for hydroxylation is 1. The van der Waals surface area contributed by atoms with Crippen LogP contribution < -0.4 is 9.30 Å². The first-order chi connectivity index (χ1) is 7.33. The van der Waals surface area contributed by atoms with Gasteiger partial charge < -0.3 is 4.74 Å². The van der Waals surface area contributed by atoms with E-state index in [1.54, 1.807) is 13.3 Å². The van der Waals surface area contributed by atoms with E-state index in [0.29, 0.717) is 0 Å². The summed E-state index contributed by atoms with van der Waals surface area (Å²) in [5.74, 6) is 1.74. The van der Waals surface area contributed by atoms with Crippen molar-refractivity contribution in [3.05, 3.63) is 42.7 Å². The molecular weight excluding hydrogens is 188 g/mol. The summed E-state index contributed by atoms with van der Waals surface area (Å²) in [6, 6.07) is 9.77. The van der Waals surface area contributed by atoms with E-state index in [4.69, 9.17) is 4.74 Å². The third-order valence-corrected chi connectivity index (χ3v) is 2.27. The van der Waals surface area contributed by atoms with Crippen LogP contribution in [0.2, 0.25) is 0 Å². The number of benzene rings is 1. The SMILES string of the molecule is COc1ccccc1-c1nccc[n+]1C. The second kappa shape index (κ2) is 4.09. The Morgan fingerprint density at radius 3 is 2.73 bits per heavy atom. The molecular formula is C12H13N2O+. The van der Waals surface area contributed by atoms with Crippen molar-refractivity contribution in [2.75, 3.05) is 7.11 Å². The average molecular weight is 201 g/mol. The lowest BCUT2D eigenvalue weighted by molar-refractivity contribution is -0.663.